The van der Waals surface area contributed by atoms with Gasteiger partial charge in [-0.05, 0) is 20.3 Å². The molecule has 0 fully saturated rings. The van der Waals surface area contributed by atoms with Crippen molar-refractivity contribution in [1.29, 1.82) is 0 Å². The van der Waals surface area contributed by atoms with Gasteiger partial charge in [-0.2, -0.15) is 0 Å². The lowest BCUT2D eigenvalue weighted by molar-refractivity contribution is -0.143. The van der Waals surface area contributed by atoms with Gasteiger partial charge in [0.25, 0.3) is 0 Å². The van der Waals surface area contributed by atoms with Gasteiger partial charge in [-0.1, -0.05) is 13.3 Å². The van der Waals surface area contributed by atoms with E-state index in [0.717, 1.165) is 0 Å². The molecule has 0 rings (SSSR count). The van der Waals surface area contributed by atoms with Crippen molar-refractivity contribution >= 4 is 11.9 Å². The molecule has 0 aromatic heterocycles. The zero-order valence-corrected chi connectivity index (χ0v) is 9.54. The van der Waals surface area contributed by atoms with Crippen molar-refractivity contribution in [3.05, 3.63) is 0 Å². The monoisotopic (exact) mass is 216 g/mol. The molecule has 0 bridgehead atoms. The van der Waals surface area contributed by atoms with Crippen LogP contribution in [0.1, 0.15) is 33.6 Å². The average Bonchev–Trinajstić information content (AvgIpc) is 2.16. The largest absolute Gasteiger partial charge is 0.480 e. The van der Waals surface area contributed by atoms with E-state index in [1.54, 1.807) is 13.8 Å². The van der Waals surface area contributed by atoms with E-state index in [1.165, 1.54) is 0 Å². The summed E-state index contributed by atoms with van der Waals surface area (Å²) in [4.78, 5) is 22.4. The van der Waals surface area contributed by atoms with E-state index in [-0.39, 0.29) is 12.5 Å². The van der Waals surface area contributed by atoms with E-state index in [1.807, 2.05) is 6.92 Å². The molecule has 4 N–H and O–H groups in total. The van der Waals surface area contributed by atoms with Gasteiger partial charge in [-0.25, -0.2) is 4.79 Å². The number of carboxylic acids is 1. The Kier molecular flexibility index (Phi) is 5.28. The number of nitrogens with one attached hydrogen (secondary N) is 1. The molecule has 0 radical (unpaired) electrons. The van der Waals surface area contributed by atoms with Crippen LogP contribution < -0.4 is 11.1 Å². The van der Waals surface area contributed by atoms with Crippen LogP contribution in [0.25, 0.3) is 0 Å². The topological polar surface area (TPSA) is 92.4 Å². The Morgan fingerprint density at radius 2 is 2.00 bits per heavy atom. The highest BCUT2D eigenvalue weighted by Crippen LogP contribution is 2.13. The number of carboxylic acid groups (broad SMARTS) is 1. The van der Waals surface area contributed by atoms with Crippen molar-refractivity contribution in [2.75, 3.05) is 6.54 Å². The second-order valence-electron chi connectivity index (χ2n) is 4.24. The second kappa shape index (κ2) is 5.70. The third-order valence-electron chi connectivity index (χ3n) is 2.31. The highest BCUT2D eigenvalue weighted by Gasteiger charge is 2.29. The summed E-state index contributed by atoms with van der Waals surface area (Å²) in [5.74, 6) is -1.32. The smallest absolute Gasteiger partial charge is 0.326 e. The lowest BCUT2D eigenvalue weighted by Crippen LogP contribution is -2.48. The molecule has 0 aromatic carbocycles. The minimum Gasteiger partial charge on any atom is -0.480 e. The van der Waals surface area contributed by atoms with Gasteiger partial charge < -0.3 is 16.2 Å². The van der Waals surface area contributed by atoms with Gasteiger partial charge in [0, 0.05) is 6.54 Å². The van der Waals surface area contributed by atoms with Crippen LogP contribution in [0.2, 0.25) is 0 Å². The fourth-order valence-electron chi connectivity index (χ4n) is 0.992. The number of hydrogen-bond donors (Lipinski definition) is 3. The predicted molar refractivity (Wildman–Crippen MR) is 57.3 cm³/mol. The van der Waals surface area contributed by atoms with Crippen molar-refractivity contribution < 1.29 is 14.7 Å². The highest BCUT2D eigenvalue weighted by molar-refractivity contribution is 5.87. The van der Waals surface area contributed by atoms with Crippen molar-refractivity contribution in [3.8, 4) is 0 Å². The van der Waals surface area contributed by atoms with Crippen LogP contribution in [0, 0.1) is 5.41 Å². The molecule has 5 nitrogen and oxygen atoms in total. The Labute approximate surface area is 90.0 Å². The SMILES string of the molecule is CCCC(NC(=O)C(C)(C)CN)C(=O)O. The standard InChI is InChI=1S/C10H20N2O3/c1-4-5-7(8(13)14)12-9(15)10(2,3)6-11/h7H,4-6,11H2,1-3H3,(H,12,15)(H,13,14). The summed E-state index contributed by atoms with van der Waals surface area (Å²) in [6.45, 7) is 5.44. The molecule has 0 aliphatic heterocycles. The quantitative estimate of drug-likeness (QED) is 0.597. The van der Waals surface area contributed by atoms with Gasteiger partial charge in [0.1, 0.15) is 6.04 Å². The fraction of sp³-hybridized carbons (Fsp3) is 0.800. The first-order valence-electron chi connectivity index (χ1n) is 5.09. The summed E-state index contributed by atoms with van der Waals surface area (Å²) >= 11 is 0. The molecule has 0 aromatic rings. The lowest BCUT2D eigenvalue weighted by Gasteiger charge is -2.24. The molecule has 0 saturated heterocycles. The van der Waals surface area contributed by atoms with E-state index in [9.17, 15) is 9.59 Å². The number of rotatable bonds is 6. The molecule has 0 aliphatic carbocycles. The van der Waals surface area contributed by atoms with Crippen LogP contribution in [0.3, 0.4) is 0 Å². The number of amides is 1. The Morgan fingerprint density at radius 1 is 1.47 bits per heavy atom. The molecule has 0 saturated carbocycles. The zero-order valence-electron chi connectivity index (χ0n) is 9.54. The molecule has 0 aliphatic rings. The first-order chi connectivity index (χ1) is 6.85. The van der Waals surface area contributed by atoms with Crippen LogP contribution in [-0.2, 0) is 9.59 Å². The normalized spacial score (nSPS) is 13.3. The summed E-state index contributed by atoms with van der Waals surface area (Å²) < 4.78 is 0. The van der Waals surface area contributed by atoms with E-state index in [4.69, 9.17) is 10.8 Å². The van der Waals surface area contributed by atoms with Crippen LogP contribution in [0.4, 0.5) is 0 Å². The first-order valence-corrected chi connectivity index (χ1v) is 5.09. The van der Waals surface area contributed by atoms with Crippen LogP contribution in [0.15, 0.2) is 0 Å². The van der Waals surface area contributed by atoms with Gasteiger partial charge in [0.15, 0.2) is 0 Å². The number of carbonyl (C=O) groups is 2. The Balaban J connectivity index is 4.41. The maximum atomic E-state index is 11.6. The summed E-state index contributed by atoms with van der Waals surface area (Å²) in [5, 5.41) is 11.3. The van der Waals surface area contributed by atoms with Gasteiger partial charge in [0.2, 0.25) is 5.91 Å². The maximum absolute atomic E-state index is 11.6. The molecule has 0 heterocycles. The summed E-state index contributed by atoms with van der Waals surface area (Å²) in [5.41, 5.74) is 4.70. The van der Waals surface area contributed by atoms with Crippen LogP contribution in [-0.4, -0.2) is 29.6 Å². The third-order valence-corrected chi connectivity index (χ3v) is 2.31. The van der Waals surface area contributed by atoms with Crippen molar-refractivity contribution in [2.24, 2.45) is 11.1 Å². The lowest BCUT2D eigenvalue weighted by atomic mass is 9.92. The molecular formula is C10H20N2O3. The molecule has 5 heteroatoms. The van der Waals surface area contributed by atoms with Crippen LogP contribution >= 0.6 is 0 Å². The summed E-state index contributed by atoms with van der Waals surface area (Å²) in [6.07, 6.45) is 1.14. The van der Waals surface area contributed by atoms with Gasteiger partial charge in [-0.15, -0.1) is 0 Å². The minimum absolute atomic E-state index is 0.192. The second-order valence-corrected chi connectivity index (χ2v) is 4.24. The molecule has 0 spiro atoms. The Morgan fingerprint density at radius 3 is 2.33 bits per heavy atom. The van der Waals surface area contributed by atoms with Crippen molar-refractivity contribution in [3.63, 3.8) is 0 Å². The molecule has 1 atom stereocenters. The third kappa shape index (κ3) is 4.29. The number of aliphatic carboxylic acids is 1. The fourth-order valence-corrected chi connectivity index (χ4v) is 0.992. The maximum Gasteiger partial charge on any atom is 0.326 e. The van der Waals surface area contributed by atoms with E-state index >= 15 is 0 Å². The highest BCUT2D eigenvalue weighted by atomic mass is 16.4. The van der Waals surface area contributed by atoms with Crippen molar-refractivity contribution in [1.82, 2.24) is 5.32 Å². The summed E-state index contributed by atoms with van der Waals surface area (Å²) in [6, 6.07) is -0.812. The molecule has 88 valence electrons. The molecule has 15 heavy (non-hydrogen) atoms. The Bertz CT molecular complexity index is 239. The Hall–Kier alpha value is -1.10. The number of carbonyl (C=O) groups excluding carboxylic acids is 1. The first kappa shape index (κ1) is 13.9. The zero-order chi connectivity index (χ0) is 12.1. The predicted octanol–water partition coefficient (Wildman–Crippen LogP) is 0.341. The van der Waals surface area contributed by atoms with Gasteiger partial charge in [0.05, 0.1) is 5.41 Å². The molecule has 1 unspecified atom stereocenters. The van der Waals surface area contributed by atoms with Crippen LogP contribution in [0.5, 0.6) is 0 Å². The summed E-state index contributed by atoms with van der Waals surface area (Å²) in [7, 11) is 0. The average molecular weight is 216 g/mol. The number of hydrogen-bond acceptors (Lipinski definition) is 3. The van der Waals surface area contributed by atoms with E-state index in [0.29, 0.717) is 12.8 Å². The van der Waals surface area contributed by atoms with E-state index in [2.05, 4.69) is 5.32 Å². The minimum atomic E-state index is -1.00. The van der Waals surface area contributed by atoms with Crippen molar-refractivity contribution in [2.45, 2.75) is 39.7 Å². The van der Waals surface area contributed by atoms with Gasteiger partial charge in [-0.3, -0.25) is 4.79 Å². The molecule has 1 amide bonds. The number of nitrogens with two attached hydrogens (primary N) is 1. The van der Waals surface area contributed by atoms with E-state index < -0.39 is 17.4 Å². The van der Waals surface area contributed by atoms with Gasteiger partial charge >= 0.3 is 5.97 Å². The molecular weight excluding hydrogens is 196 g/mol.